The van der Waals surface area contributed by atoms with Gasteiger partial charge in [-0.25, -0.2) is 13.8 Å². The summed E-state index contributed by atoms with van der Waals surface area (Å²) in [6.45, 7) is 4.06. The molecule has 3 nitrogen and oxygen atoms in total. The van der Waals surface area contributed by atoms with Crippen LogP contribution in [0.1, 0.15) is 30.0 Å². The highest BCUT2D eigenvalue weighted by Gasteiger charge is 2.15. The topological polar surface area (TPSA) is 40.7 Å². The number of benzene rings is 1. The van der Waals surface area contributed by atoms with Crippen molar-refractivity contribution in [3.63, 3.8) is 0 Å². The molecule has 96 valence electrons. The third-order valence-corrected chi connectivity index (χ3v) is 2.79. The van der Waals surface area contributed by atoms with Gasteiger partial charge in [0.25, 0.3) is 0 Å². The zero-order chi connectivity index (χ0) is 13.1. The van der Waals surface area contributed by atoms with Crippen LogP contribution in [0.3, 0.4) is 0 Å². The summed E-state index contributed by atoms with van der Waals surface area (Å²) >= 11 is 0. The number of nitrogens with one attached hydrogen (secondary N) is 2. The van der Waals surface area contributed by atoms with Gasteiger partial charge < -0.3 is 10.3 Å². The average Bonchev–Trinajstić information content (AvgIpc) is 2.72. The quantitative estimate of drug-likeness (QED) is 0.877. The first kappa shape index (κ1) is 12.7. The van der Waals surface area contributed by atoms with E-state index >= 15 is 0 Å². The number of aromatic amines is 1. The van der Waals surface area contributed by atoms with Crippen molar-refractivity contribution < 1.29 is 8.78 Å². The number of aryl methyl sites for hydroxylation is 1. The molecule has 0 radical (unpaired) electrons. The Kier molecular flexibility index (Phi) is 3.72. The number of nitrogens with zero attached hydrogens (tertiary/aromatic N) is 1. The number of rotatable bonds is 4. The van der Waals surface area contributed by atoms with Crippen molar-refractivity contribution in [1.29, 1.82) is 0 Å². The Morgan fingerprint density at radius 1 is 1.33 bits per heavy atom. The van der Waals surface area contributed by atoms with Gasteiger partial charge in [-0.3, -0.25) is 0 Å². The molecule has 2 aromatic rings. The van der Waals surface area contributed by atoms with Gasteiger partial charge >= 0.3 is 0 Å². The first-order chi connectivity index (χ1) is 8.58. The van der Waals surface area contributed by atoms with Crippen molar-refractivity contribution in [2.75, 3.05) is 0 Å². The van der Waals surface area contributed by atoms with Crippen molar-refractivity contribution in [1.82, 2.24) is 15.3 Å². The Morgan fingerprint density at radius 2 is 2.00 bits per heavy atom. The van der Waals surface area contributed by atoms with Gasteiger partial charge in [0.1, 0.15) is 17.5 Å². The molecular weight excluding hydrogens is 236 g/mol. The minimum Gasteiger partial charge on any atom is -0.345 e. The Labute approximate surface area is 104 Å². The molecule has 0 aliphatic rings. The SMILES string of the molecule is Cc1ncc(CNC(C)c2c(F)cccc2F)[nH]1. The lowest BCUT2D eigenvalue weighted by Gasteiger charge is -2.15. The van der Waals surface area contributed by atoms with Crippen LogP contribution >= 0.6 is 0 Å². The molecule has 0 aliphatic carbocycles. The number of halogens is 2. The van der Waals surface area contributed by atoms with E-state index in [1.54, 1.807) is 13.1 Å². The predicted molar refractivity (Wildman–Crippen MR) is 64.9 cm³/mol. The van der Waals surface area contributed by atoms with Crippen LogP contribution in [0.5, 0.6) is 0 Å². The van der Waals surface area contributed by atoms with E-state index < -0.39 is 17.7 Å². The third-order valence-electron chi connectivity index (χ3n) is 2.79. The summed E-state index contributed by atoms with van der Waals surface area (Å²) in [6, 6.07) is 3.47. The first-order valence-electron chi connectivity index (χ1n) is 5.75. The van der Waals surface area contributed by atoms with E-state index in [0.717, 1.165) is 11.5 Å². The highest BCUT2D eigenvalue weighted by molar-refractivity contribution is 5.22. The molecule has 0 amide bonds. The predicted octanol–water partition coefficient (Wildman–Crippen LogP) is 2.85. The highest BCUT2D eigenvalue weighted by Crippen LogP contribution is 2.20. The fourth-order valence-electron chi connectivity index (χ4n) is 1.85. The van der Waals surface area contributed by atoms with Gasteiger partial charge in [0.05, 0.1) is 0 Å². The molecule has 0 saturated carbocycles. The maximum Gasteiger partial charge on any atom is 0.130 e. The van der Waals surface area contributed by atoms with Crippen LogP contribution in [0.2, 0.25) is 0 Å². The lowest BCUT2D eigenvalue weighted by atomic mass is 10.1. The summed E-state index contributed by atoms with van der Waals surface area (Å²) in [5, 5.41) is 3.06. The van der Waals surface area contributed by atoms with Gasteiger partial charge in [0.15, 0.2) is 0 Å². The monoisotopic (exact) mass is 251 g/mol. The molecule has 2 rings (SSSR count). The second-order valence-corrected chi connectivity index (χ2v) is 4.23. The van der Waals surface area contributed by atoms with Crippen LogP contribution in [-0.4, -0.2) is 9.97 Å². The number of hydrogen-bond donors (Lipinski definition) is 2. The number of hydrogen-bond acceptors (Lipinski definition) is 2. The Bertz CT molecular complexity index is 517. The molecule has 1 aromatic heterocycles. The molecule has 1 atom stereocenters. The molecule has 18 heavy (non-hydrogen) atoms. The highest BCUT2D eigenvalue weighted by atomic mass is 19.1. The van der Waals surface area contributed by atoms with E-state index in [1.807, 2.05) is 6.92 Å². The Hall–Kier alpha value is -1.75. The molecule has 0 bridgehead atoms. The van der Waals surface area contributed by atoms with Crippen LogP contribution in [-0.2, 0) is 6.54 Å². The summed E-state index contributed by atoms with van der Waals surface area (Å²) in [6.07, 6.45) is 1.70. The van der Waals surface area contributed by atoms with E-state index in [1.165, 1.54) is 18.2 Å². The minimum atomic E-state index is -0.532. The summed E-state index contributed by atoms with van der Waals surface area (Å²) in [5.74, 6) is -0.247. The number of aromatic nitrogens is 2. The van der Waals surface area contributed by atoms with E-state index in [4.69, 9.17) is 0 Å². The van der Waals surface area contributed by atoms with Gasteiger partial charge in [-0.15, -0.1) is 0 Å². The van der Waals surface area contributed by atoms with Crippen LogP contribution in [0.15, 0.2) is 24.4 Å². The van der Waals surface area contributed by atoms with Gasteiger partial charge in [-0.05, 0) is 26.0 Å². The molecule has 0 spiro atoms. The van der Waals surface area contributed by atoms with Gasteiger partial charge in [-0.2, -0.15) is 0 Å². The molecule has 2 N–H and O–H groups in total. The van der Waals surface area contributed by atoms with Crippen molar-refractivity contribution in [2.45, 2.75) is 26.4 Å². The molecule has 0 fully saturated rings. The molecule has 0 saturated heterocycles. The average molecular weight is 251 g/mol. The summed E-state index contributed by atoms with van der Waals surface area (Å²) in [5.41, 5.74) is 0.949. The van der Waals surface area contributed by atoms with E-state index in [0.29, 0.717) is 6.54 Å². The van der Waals surface area contributed by atoms with Crippen molar-refractivity contribution >= 4 is 0 Å². The molecule has 1 heterocycles. The lowest BCUT2D eigenvalue weighted by molar-refractivity contribution is 0.485. The summed E-state index contributed by atoms with van der Waals surface area (Å²) < 4.78 is 27.1. The maximum absolute atomic E-state index is 13.5. The maximum atomic E-state index is 13.5. The molecule has 5 heteroatoms. The second kappa shape index (κ2) is 5.27. The smallest absolute Gasteiger partial charge is 0.130 e. The largest absolute Gasteiger partial charge is 0.345 e. The minimum absolute atomic E-state index is 0.0636. The third kappa shape index (κ3) is 2.73. The Balaban J connectivity index is 2.06. The first-order valence-corrected chi connectivity index (χ1v) is 5.75. The number of imidazole rings is 1. The molecule has 0 aliphatic heterocycles. The fraction of sp³-hybridized carbons (Fsp3) is 0.308. The zero-order valence-corrected chi connectivity index (χ0v) is 10.3. The summed E-state index contributed by atoms with van der Waals surface area (Å²) in [7, 11) is 0. The zero-order valence-electron chi connectivity index (χ0n) is 10.3. The van der Waals surface area contributed by atoms with Crippen LogP contribution in [0, 0.1) is 18.6 Å². The van der Waals surface area contributed by atoms with Crippen LogP contribution < -0.4 is 5.32 Å². The van der Waals surface area contributed by atoms with Crippen molar-refractivity contribution in [2.24, 2.45) is 0 Å². The van der Waals surface area contributed by atoms with Gasteiger partial charge in [0, 0.05) is 30.0 Å². The normalized spacial score (nSPS) is 12.7. The molecular formula is C13H15F2N3. The van der Waals surface area contributed by atoms with E-state index in [2.05, 4.69) is 15.3 Å². The van der Waals surface area contributed by atoms with Gasteiger partial charge in [-0.1, -0.05) is 6.07 Å². The lowest BCUT2D eigenvalue weighted by Crippen LogP contribution is -2.20. The summed E-state index contributed by atoms with van der Waals surface area (Å²) in [4.78, 5) is 7.11. The van der Waals surface area contributed by atoms with Crippen molar-refractivity contribution in [3.05, 3.63) is 53.1 Å². The van der Waals surface area contributed by atoms with Crippen LogP contribution in [0.25, 0.3) is 0 Å². The second-order valence-electron chi connectivity index (χ2n) is 4.23. The van der Waals surface area contributed by atoms with Gasteiger partial charge in [0.2, 0.25) is 0 Å². The van der Waals surface area contributed by atoms with E-state index in [-0.39, 0.29) is 5.56 Å². The van der Waals surface area contributed by atoms with Crippen molar-refractivity contribution in [3.8, 4) is 0 Å². The van der Waals surface area contributed by atoms with Crippen LogP contribution in [0.4, 0.5) is 8.78 Å². The fourth-order valence-corrected chi connectivity index (χ4v) is 1.85. The molecule has 1 unspecified atom stereocenters. The molecule has 1 aromatic carbocycles. The standard InChI is InChI=1S/C13H15F2N3/c1-8(13-11(14)4-3-5-12(13)15)16-6-10-7-17-9(2)18-10/h3-5,7-8,16H,6H2,1-2H3,(H,17,18). The number of H-pyrrole nitrogens is 1. The van der Waals surface area contributed by atoms with E-state index in [9.17, 15) is 8.78 Å². The Morgan fingerprint density at radius 3 is 2.56 bits per heavy atom.